The smallest absolute Gasteiger partial charge is 0.255 e. The molecule has 3 rings (SSSR count). The number of nitrogens with one attached hydrogen (secondary N) is 2. The highest BCUT2D eigenvalue weighted by atomic mass is 79.9. The van der Waals surface area contributed by atoms with Crippen molar-refractivity contribution in [3.05, 3.63) is 88.6 Å². The van der Waals surface area contributed by atoms with Crippen LogP contribution in [0, 0.1) is 5.82 Å². The molecule has 0 aliphatic heterocycles. The Morgan fingerprint density at radius 3 is 2.04 bits per heavy atom. The lowest BCUT2D eigenvalue weighted by atomic mass is 10.2. The van der Waals surface area contributed by atoms with Gasteiger partial charge in [-0.25, -0.2) is 4.39 Å². The molecule has 142 valence electrons. The van der Waals surface area contributed by atoms with Crippen molar-refractivity contribution in [1.82, 2.24) is 0 Å². The van der Waals surface area contributed by atoms with Crippen LogP contribution >= 0.6 is 27.7 Å². The number of halogens is 2. The van der Waals surface area contributed by atoms with Gasteiger partial charge in [0.2, 0.25) is 5.91 Å². The Kier molecular flexibility index (Phi) is 6.84. The van der Waals surface area contributed by atoms with Gasteiger partial charge in [-0.3, -0.25) is 9.59 Å². The predicted octanol–water partition coefficient (Wildman–Crippen LogP) is 5.57. The average Bonchev–Trinajstić information content (AvgIpc) is 2.70. The van der Waals surface area contributed by atoms with Gasteiger partial charge in [0.05, 0.1) is 5.75 Å². The molecule has 0 aromatic heterocycles. The number of carbonyl (C=O) groups is 2. The lowest BCUT2D eigenvalue weighted by Gasteiger charge is -2.07. The Balaban J connectivity index is 1.49. The van der Waals surface area contributed by atoms with E-state index in [2.05, 4.69) is 26.6 Å². The maximum absolute atomic E-state index is 12.9. The SMILES string of the molecule is O=C(CSc1ccc(NC(=O)c2ccc(F)cc2)cc1)Nc1ccc(Br)cc1. The van der Waals surface area contributed by atoms with Crippen molar-refractivity contribution in [3.8, 4) is 0 Å². The van der Waals surface area contributed by atoms with Crippen molar-refractivity contribution in [2.24, 2.45) is 0 Å². The molecule has 0 unspecified atom stereocenters. The van der Waals surface area contributed by atoms with E-state index in [-0.39, 0.29) is 23.4 Å². The van der Waals surface area contributed by atoms with Crippen LogP contribution in [-0.4, -0.2) is 17.6 Å². The molecule has 2 N–H and O–H groups in total. The summed E-state index contributed by atoms with van der Waals surface area (Å²) in [6.07, 6.45) is 0. The number of rotatable bonds is 6. The van der Waals surface area contributed by atoms with Crippen molar-refractivity contribution < 1.29 is 14.0 Å². The van der Waals surface area contributed by atoms with Gasteiger partial charge in [-0.2, -0.15) is 0 Å². The standard InChI is InChI=1S/C21H16BrFN2O2S/c22-15-3-7-17(8-4-15)24-20(26)13-28-19-11-9-18(10-12-19)25-21(27)14-1-5-16(23)6-2-14/h1-12H,13H2,(H,24,26)(H,25,27). The Bertz CT molecular complexity index is 961. The van der Waals surface area contributed by atoms with E-state index in [4.69, 9.17) is 0 Å². The number of carbonyl (C=O) groups excluding carboxylic acids is 2. The summed E-state index contributed by atoms with van der Waals surface area (Å²) in [5, 5.41) is 5.59. The van der Waals surface area contributed by atoms with Crippen LogP contribution in [0.4, 0.5) is 15.8 Å². The number of amides is 2. The average molecular weight is 459 g/mol. The molecule has 0 saturated heterocycles. The molecule has 0 aliphatic rings. The number of hydrogen-bond donors (Lipinski definition) is 2. The molecule has 0 bridgehead atoms. The molecule has 3 aromatic carbocycles. The fraction of sp³-hybridized carbons (Fsp3) is 0.0476. The van der Waals surface area contributed by atoms with Crippen molar-refractivity contribution in [1.29, 1.82) is 0 Å². The number of thioether (sulfide) groups is 1. The lowest BCUT2D eigenvalue weighted by Crippen LogP contribution is -2.13. The van der Waals surface area contributed by atoms with E-state index in [1.165, 1.54) is 36.0 Å². The summed E-state index contributed by atoms with van der Waals surface area (Å²) in [7, 11) is 0. The zero-order chi connectivity index (χ0) is 19.9. The molecule has 0 atom stereocenters. The molecule has 0 saturated carbocycles. The molecule has 4 nitrogen and oxygen atoms in total. The van der Waals surface area contributed by atoms with Crippen molar-refractivity contribution in [2.75, 3.05) is 16.4 Å². The van der Waals surface area contributed by atoms with Gasteiger partial charge in [0.1, 0.15) is 5.82 Å². The Hall–Kier alpha value is -2.64. The predicted molar refractivity (Wildman–Crippen MR) is 114 cm³/mol. The second-order valence-corrected chi connectivity index (χ2v) is 7.79. The zero-order valence-corrected chi connectivity index (χ0v) is 17.0. The number of hydrogen-bond acceptors (Lipinski definition) is 3. The highest BCUT2D eigenvalue weighted by Gasteiger charge is 2.07. The third-order valence-corrected chi connectivity index (χ3v) is 5.26. The van der Waals surface area contributed by atoms with Crippen LogP contribution in [0.1, 0.15) is 10.4 Å². The van der Waals surface area contributed by atoms with Crippen LogP contribution in [0.25, 0.3) is 0 Å². The molecule has 2 amide bonds. The fourth-order valence-electron chi connectivity index (χ4n) is 2.32. The first kappa shape index (κ1) is 20.1. The van der Waals surface area contributed by atoms with E-state index in [9.17, 15) is 14.0 Å². The first-order chi connectivity index (χ1) is 13.5. The summed E-state index contributed by atoms with van der Waals surface area (Å²) in [4.78, 5) is 25.1. The molecule has 0 aliphatic carbocycles. The maximum atomic E-state index is 12.9. The third-order valence-electron chi connectivity index (χ3n) is 3.72. The van der Waals surface area contributed by atoms with Crippen molar-refractivity contribution in [3.63, 3.8) is 0 Å². The maximum Gasteiger partial charge on any atom is 0.255 e. The molecule has 28 heavy (non-hydrogen) atoms. The van der Waals surface area contributed by atoms with Crippen molar-refractivity contribution in [2.45, 2.75) is 4.90 Å². The van der Waals surface area contributed by atoms with Gasteiger partial charge in [0.15, 0.2) is 0 Å². The van der Waals surface area contributed by atoms with E-state index in [0.29, 0.717) is 11.3 Å². The molecule has 0 spiro atoms. The van der Waals surface area contributed by atoms with Gasteiger partial charge in [-0.15, -0.1) is 11.8 Å². The van der Waals surface area contributed by atoms with Crippen LogP contribution in [0.2, 0.25) is 0 Å². The molecule has 0 heterocycles. The Labute approximate surface area is 174 Å². The van der Waals surface area contributed by atoms with Gasteiger partial charge in [-0.05, 0) is 72.8 Å². The molecule has 7 heteroatoms. The van der Waals surface area contributed by atoms with Crippen LogP contribution in [-0.2, 0) is 4.79 Å². The van der Waals surface area contributed by atoms with Gasteiger partial charge in [0.25, 0.3) is 5.91 Å². The minimum Gasteiger partial charge on any atom is -0.325 e. The second-order valence-electron chi connectivity index (χ2n) is 5.83. The van der Waals surface area contributed by atoms with Gasteiger partial charge >= 0.3 is 0 Å². The number of benzene rings is 3. The first-order valence-electron chi connectivity index (χ1n) is 8.35. The highest BCUT2D eigenvalue weighted by molar-refractivity contribution is 9.10. The van der Waals surface area contributed by atoms with Crippen LogP contribution in [0.15, 0.2) is 82.2 Å². The third kappa shape index (κ3) is 5.94. The quantitative estimate of drug-likeness (QED) is 0.474. The minimum absolute atomic E-state index is 0.0963. The van der Waals surface area contributed by atoms with E-state index in [1.807, 2.05) is 36.4 Å². The summed E-state index contributed by atoms with van der Waals surface area (Å²) in [6.45, 7) is 0. The zero-order valence-electron chi connectivity index (χ0n) is 14.6. The van der Waals surface area contributed by atoms with Crippen LogP contribution in [0.3, 0.4) is 0 Å². The fourth-order valence-corrected chi connectivity index (χ4v) is 3.28. The lowest BCUT2D eigenvalue weighted by molar-refractivity contribution is -0.113. The molecule has 0 radical (unpaired) electrons. The summed E-state index contributed by atoms with van der Waals surface area (Å²) >= 11 is 4.75. The first-order valence-corrected chi connectivity index (χ1v) is 10.1. The van der Waals surface area contributed by atoms with E-state index >= 15 is 0 Å². The number of anilines is 2. The summed E-state index contributed by atoms with van der Waals surface area (Å²) < 4.78 is 13.9. The van der Waals surface area contributed by atoms with E-state index < -0.39 is 0 Å². The highest BCUT2D eigenvalue weighted by Crippen LogP contribution is 2.21. The minimum atomic E-state index is -0.387. The van der Waals surface area contributed by atoms with Crippen LogP contribution < -0.4 is 10.6 Å². The molecule has 3 aromatic rings. The van der Waals surface area contributed by atoms with Crippen molar-refractivity contribution >= 4 is 50.9 Å². The summed E-state index contributed by atoms with van der Waals surface area (Å²) in [5.74, 6) is -0.519. The second kappa shape index (κ2) is 9.52. The monoisotopic (exact) mass is 458 g/mol. The Morgan fingerprint density at radius 2 is 1.39 bits per heavy atom. The summed E-state index contributed by atoms with van der Waals surface area (Å²) in [6, 6.07) is 19.9. The largest absolute Gasteiger partial charge is 0.325 e. The molecular weight excluding hydrogens is 443 g/mol. The molecular formula is C21H16BrFN2O2S. The topological polar surface area (TPSA) is 58.2 Å². The van der Waals surface area contributed by atoms with E-state index in [0.717, 1.165) is 15.1 Å². The van der Waals surface area contributed by atoms with Gasteiger partial charge in [-0.1, -0.05) is 15.9 Å². The van der Waals surface area contributed by atoms with Gasteiger partial charge < -0.3 is 10.6 Å². The normalized spacial score (nSPS) is 10.4. The molecule has 0 fully saturated rings. The van der Waals surface area contributed by atoms with E-state index in [1.54, 1.807) is 12.1 Å². The Morgan fingerprint density at radius 1 is 0.821 bits per heavy atom. The van der Waals surface area contributed by atoms with Gasteiger partial charge in [0, 0.05) is 26.3 Å². The summed E-state index contributed by atoms with van der Waals surface area (Å²) in [5.41, 5.74) is 1.75. The van der Waals surface area contributed by atoms with Crippen LogP contribution in [0.5, 0.6) is 0 Å².